The SMILES string of the molecule is Cc1ccc(CC(=O)N(C)C2CCCN(Cc3ccccc3)C2)cn1. The van der Waals surface area contributed by atoms with E-state index in [0.29, 0.717) is 12.5 Å². The van der Waals surface area contributed by atoms with Gasteiger partial charge in [0.1, 0.15) is 0 Å². The summed E-state index contributed by atoms with van der Waals surface area (Å²) in [6.45, 7) is 4.97. The van der Waals surface area contributed by atoms with E-state index in [4.69, 9.17) is 0 Å². The van der Waals surface area contributed by atoms with Crippen molar-refractivity contribution in [2.75, 3.05) is 20.1 Å². The Hall–Kier alpha value is -2.20. The van der Waals surface area contributed by atoms with Gasteiger partial charge in [-0.2, -0.15) is 0 Å². The van der Waals surface area contributed by atoms with E-state index >= 15 is 0 Å². The number of carbonyl (C=O) groups is 1. The van der Waals surface area contributed by atoms with Crippen LogP contribution in [0.2, 0.25) is 0 Å². The number of amides is 1. The lowest BCUT2D eigenvalue weighted by molar-refractivity contribution is -0.132. The third kappa shape index (κ3) is 4.89. The van der Waals surface area contributed by atoms with Crippen molar-refractivity contribution in [2.24, 2.45) is 0 Å². The molecule has 0 N–H and O–H groups in total. The van der Waals surface area contributed by atoms with Gasteiger partial charge in [-0.3, -0.25) is 14.7 Å². The largest absolute Gasteiger partial charge is 0.341 e. The lowest BCUT2D eigenvalue weighted by Crippen LogP contribution is -2.48. The number of aryl methyl sites for hydroxylation is 1. The molecule has 1 fully saturated rings. The summed E-state index contributed by atoms with van der Waals surface area (Å²) in [7, 11) is 1.95. The van der Waals surface area contributed by atoms with Crippen molar-refractivity contribution in [1.29, 1.82) is 0 Å². The Morgan fingerprint density at radius 3 is 2.72 bits per heavy atom. The van der Waals surface area contributed by atoms with Gasteiger partial charge in [0.25, 0.3) is 0 Å². The van der Waals surface area contributed by atoms with Crippen molar-refractivity contribution in [3.63, 3.8) is 0 Å². The zero-order valence-electron chi connectivity index (χ0n) is 15.2. The molecule has 132 valence electrons. The minimum absolute atomic E-state index is 0.178. The second kappa shape index (κ2) is 8.26. The number of benzene rings is 1. The molecule has 1 atom stereocenters. The van der Waals surface area contributed by atoms with Crippen molar-refractivity contribution in [2.45, 2.75) is 38.8 Å². The predicted molar refractivity (Wildman–Crippen MR) is 100 cm³/mol. The van der Waals surface area contributed by atoms with Crippen LogP contribution in [0, 0.1) is 6.92 Å². The van der Waals surface area contributed by atoms with Crippen LogP contribution in [0.15, 0.2) is 48.7 Å². The van der Waals surface area contributed by atoms with Crippen LogP contribution >= 0.6 is 0 Å². The van der Waals surface area contributed by atoms with Crippen LogP contribution in [0.5, 0.6) is 0 Å². The first kappa shape index (κ1) is 17.6. The molecule has 0 spiro atoms. The number of piperidine rings is 1. The quantitative estimate of drug-likeness (QED) is 0.841. The van der Waals surface area contributed by atoms with Gasteiger partial charge in [-0.25, -0.2) is 0 Å². The van der Waals surface area contributed by atoms with E-state index in [0.717, 1.165) is 43.7 Å². The van der Waals surface area contributed by atoms with Gasteiger partial charge in [-0.05, 0) is 43.5 Å². The van der Waals surface area contributed by atoms with Crippen molar-refractivity contribution in [3.05, 3.63) is 65.5 Å². The Balaban J connectivity index is 1.56. The molecule has 2 aromatic rings. The summed E-state index contributed by atoms with van der Waals surface area (Å²) in [5.74, 6) is 0.178. The van der Waals surface area contributed by atoms with Crippen LogP contribution in [0.3, 0.4) is 0 Å². The number of carbonyl (C=O) groups excluding carboxylic acids is 1. The Labute approximate surface area is 150 Å². The maximum absolute atomic E-state index is 12.6. The van der Waals surface area contributed by atoms with Gasteiger partial charge < -0.3 is 4.90 Å². The first-order chi connectivity index (χ1) is 12.1. The summed E-state index contributed by atoms with van der Waals surface area (Å²) in [6, 6.07) is 14.8. The van der Waals surface area contributed by atoms with E-state index in [9.17, 15) is 4.79 Å². The molecule has 1 aromatic carbocycles. The molecule has 0 saturated carbocycles. The zero-order chi connectivity index (χ0) is 17.6. The fraction of sp³-hybridized carbons (Fsp3) is 0.429. The molecular formula is C21H27N3O. The second-order valence-corrected chi connectivity index (χ2v) is 7.01. The first-order valence-electron chi connectivity index (χ1n) is 9.05. The Morgan fingerprint density at radius 1 is 1.20 bits per heavy atom. The number of hydrogen-bond acceptors (Lipinski definition) is 3. The molecule has 1 aliphatic rings. The Kier molecular flexibility index (Phi) is 5.82. The van der Waals surface area contributed by atoms with Gasteiger partial charge >= 0.3 is 0 Å². The predicted octanol–water partition coefficient (Wildman–Crippen LogP) is 3.06. The molecule has 0 bridgehead atoms. The van der Waals surface area contributed by atoms with Gasteiger partial charge in [0.05, 0.1) is 6.42 Å². The minimum Gasteiger partial charge on any atom is -0.341 e. The maximum Gasteiger partial charge on any atom is 0.227 e. The van der Waals surface area contributed by atoms with Gasteiger partial charge in [0.2, 0.25) is 5.91 Å². The molecule has 2 heterocycles. The van der Waals surface area contributed by atoms with Crippen molar-refractivity contribution >= 4 is 5.91 Å². The highest BCUT2D eigenvalue weighted by molar-refractivity contribution is 5.78. The summed E-state index contributed by atoms with van der Waals surface area (Å²) in [6.07, 6.45) is 4.46. The smallest absolute Gasteiger partial charge is 0.227 e. The van der Waals surface area contributed by atoms with Crippen LogP contribution in [-0.2, 0) is 17.8 Å². The summed E-state index contributed by atoms with van der Waals surface area (Å²) >= 11 is 0. The summed E-state index contributed by atoms with van der Waals surface area (Å²) in [4.78, 5) is 21.3. The average molecular weight is 337 g/mol. The number of aromatic nitrogens is 1. The normalized spacial score (nSPS) is 18.1. The van der Waals surface area contributed by atoms with Crippen molar-refractivity contribution in [3.8, 4) is 0 Å². The number of pyridine rings is 1. The van der Waals surface area contributed by atoms with Gasteiger partial charge in [-0.15, -0.1) is 0 Å². The molecule has 1 amide bonds. The lowest BCUT2D eigenvalue weighted by atomic mass is 10.0. The average Bonchev–Trinajstić information content (AvgIpc) is 2.64. The van der Waals surface area contributed by atoms with Crippen molar-refractivity contribution < 1.29 is 4.79 Å². The molecule has 3 rings (SSSR count). The molecule has 0 radical (unpaired) electrons. The highest BCUT2D eigenvalue weighted by Crippen LogP contribution is 2.18. The van der Waals surface area contributed by atoms with E-state index in [1.165, 1.54) is 5.56 Å². The molecule has 0 aliphatic carbocycles. The molecule has 1 unspecified atom stereocenters. The third-order valence-electron chi connectivity index (χ3n) is 5.00. The van der Waals surface area contributed by atoms with E-state index in [-0.39, 0.29) is 5.91 Å². The molecule has 1 aliphatic heterocycles. The number of likely N-dealkylation sites (N-methyl/N-ethyl adjacent to an activating group) is 1. The molecule has 25 heavy (non-hydrogen) atoms. The topological polar surface area (TPSA) is 36.4 Å². The lowest BCUT2D eigenvalue weighted by Gasteiger charge is -2.37. The molecule has 1 aromatic heterocycles. The standard InChI is InChI=1S/C21H27N3O/c1-17-10-11-19(14-22-17)13-21(25)23(2)20-9-6-12-24(16-20)15-18-7-4-3-5-8-18/h3-5,7-8,10-11,14,20H,6,9,12-13,15-16H2,1-2H3. The summed E-state index contributed by atoms with van der Waals surface area (Å²) in [5.41, 5.74) is 3.30. The van der Waals surface area contributed by atoms with E-state index in [1.807, 2.05) is 37.2 Å². The molecule has 4 heteroatoms. The fourth-order valence-electron chi connectivity index (χ4n) is 3.44. The van der Waals surface area contributed by atoms with Gasteiger partial charge in [-0.1, -0.05) is 36.4 Å². The second-order valence-electron chi connectivity index (χ2n) is 7.01. The maximum atomic E-state index is 12.6. The molecular weight excluding hydrogens is 310 g/mol. The number of likely N-dealkylation sites (tertiary alicyclic amines) is 1. The highest BCUT2D eigenvalue weighted by Gasteiger charge is 2.26. The third-order valence-corrected chi connectivity index (χ3v) is 5.00. The molecule has 1 saturated heterocycles. The van der Waals surface area contributed by atoms with Crippen LogP contribution in [0.1, 0.15) is 29.7 Å². The number of rotatable bonds is 5. The molecule has 4 nitrogen and oxygen atoms in total. The van der Waals surface area contributed by atoms with Crippen LogP contribution in [0.4, 0.5) is 0 Å². The Bertz CT molecular complexity index is 684. The van der Waals surface area contributed by atoms with Gasteiger partial charge in [0, 0.05) is 38.1 Å². The summed E-state index contributed by atoms with van der Waals surface area (Å²) in [5, 5.41) is 0. The zero-order valence-corrected chi connectivity index (χ0v) is 15.2. The Morgan fingerprint density at radius 2 is 2.00 bits per heavy atom. The van der Waals surface area contributed by atoms with Crippen LogP contribution in [0.25, 0.3) is 0 Å². The fourth-order valence-corrected chi connectivity index (χ4v) is 3.44. The number of hydrogen-bond donors (Lipinski definition) is 0. The van der Waals surface area contributed by atoms with Crippen molar-refractivity contribution in [1.82, 2.24) is 14.8 Å². The van der Waals surface area contributed by atoms with E-state index in [1.54, 1.807) is 0 Å². The number of nitrogens with zero attached hydrogens (tertiary/aromatic N) is 3. The van der Waals surface area contributed by atoms with E-state index < -0.39 is 0 Å². The highest BCUT2D eigenvalue weighted by atomic mass is 16.2. The van der Waals surface area contributed by atoms with Crippen LogP contribution in [-0.4, -0.2) is 46.9 Å². The van der Waals surface area contributed by atoms with E-state index in [2.05, 4.69) is 40.2 Å². The summed E-state index contributed by atoms with van der Waals surface area (Å²) < 4.78 is 0. The van der Waals surface area contributed by atoms with Crippen LogP contribution < -0.4 is 0 Å². The minimum atomic E-state index is 0.178. The van der Waals surface area contributed by atoms with Gasteiger partial charge in [0.15, 0.2) is 0 Å². The monoisotopic (exact) mass is 337 g/mol. The first-order valence-corrected chi connectivity index (χ1v) is 9.05.